The highest BCUT2D eigenvalue weighted by Gasteiger charge is 2.09. The highest BCUT2D eigenvalue weighted by molar-refractivity contribution is 5.87. The second kappa shape index (κ2) is 5.65. The summed E-state index contributed by atoms with van der Waals surface area (Å²) in [5.41, 5.74) is 5.34. The van der Waals surface area contributed by atoms with Crippen LogP contribution in [0.3, 0.4) is 0 Å². The molecule has 3 aromatic rings. The van der Waals surface area contributed by atoms with Crippen molar-refractivity contribution in [1.29, 1.82) is 0 Å². The molecule has 0 aliphatic carbocycles. The van der Waals surface area contributed by atoms with E-state index < -0.39 is 0 Å². The van der Waals surface area contributed by atoms with Crippen molar-refractivity contribution in [2.45, 2.75) is 20.3 Å². The summed E-state index contributed by atoms with van der Waals surface area (Å²) in [5.74, 6) is 0.940. The normalized spacial score (nSPS) is 11.0. The summed E-state index contributed by atoms with van der Waals surface area (Å²) in [5, 5.41) is 1.38. The van der Waals surface area contributed by atoms with Gasteiger partial charge in [-0.2, -0.15) is 0 Å². The molecule has 0 saturated heterocycles. The van der Waals surface area contributed by atoms with Crippen LogP contribution < -0.4 is 4.74 Å². The minimum Gasteiger partial charge on any atom is -0.494 e. The quantitative estimate of drug-likeness (QED) is 0.687. The van der Waals surface area contributed by atoms with Gasteiger partial charge in [0.15, 0.2) is 0 Å². The molecule has 0 atom stereocenters. The van der Waals surface area contributed by atoms with Crippen LogP contribution in [0.1, 0.15) is 23.6 Å². The van der Waals surface area contributed by atoms with Crippen molar-refractivity contribution in [3.63, 3.8) is 0 Å². The third-order valence-corrected chi connectivity index (χ3v) is 3.93. The maximum absolute atomic E-state index is 5.50. The van der Waals surface area contributed by atoms with E-state index in [-0.39, 0.29) is 0 Å². The summed E-state index contributed by atoms with van der Waals surface area (Å²) in [4.78, 5) is 0. The van der Waals surface area contributed by atoms with Crippen LogP contribution in [0, 0.1) is 6.92 Å². The molecule has 0 fully saturated rings. The Morgan fingerprint density at radius 2 is 1.81 bits per heavy atom. The molecule has 2 aromatic carbocycles. The van der Waals surface area contributed by atoms with Gasteiger partial charge in [0.05, 0.1) is 6.61 Å². The van der Waals surface area contributed by atoms with E-state index >= 15 is 0 Å². The van der Waals surface area contributed by atoms with E-state index in [1.54, 1.807) is 0 Å². The van der Waals surface area contributed by atoms with Crippen LogP contribution >= 0.6 is 0 Å². The van der Waals surface area contributed by atoms with Gasteiger partial charge in [-0.3, -0.25) is 0 Å². The van der Waals surface area contributed by atoms with Gasteiger partial charge in [-0.25, -0.2) is 0 Å². The van der Waals surface area contributed by atoms with Crippen LogP contribution in [-0.2, 0) is 13.5 Å². The predicted octanol–water partition coefficient (Wildman–Crippen LogP) is 4.48. The summed E-state index contributed by atoms with van der Waals surface area (Å²) in [6.45, 7) is 4.90. The zero-order chi connectivity index (χ0) is 14.8. The summed E-state index contributed by atoms with van der Waals surface area (Å²) in [7, 11) is 2.11. The van der Waals surface area contributed by atoms with Gasteiger partial charge in [-0.1, -0.05) is 24.3 Å². The molecule has 1 aromatic heterocycles. The average molecular weight is 279 g/mol. The van der Waals surface area contributed by atoms with E-state index in [0.29, 0.717) is 6.61 Å². The zero-order valence-electron chi connectivity index (χ0n) is 12.9. The molecule has 0 spiro atoms. The molecule has 0 aliphatic rings. The van der Waals surface area contributed by atoms with Crippen LogP contribution in [0.5, 0.6) is 5.75 Å². The van der Waals surface area contributed by atoms with Gasteiger partial charge in [0.25, 0.3) is 0 Å². The van der Waals surface area contributed by atoms with Crippen molar-refractivity contribution < 1.29 is 4.74 Å². The number of hydrogen-bond donors (Lipinski definition) is 0. The van der Waals surface area contributed by atoms with E-state index in [0.717, 1.165) is 12.2 Å². The predicted molar refractivity (Wildman–Crippen MR) is 88.1 cm³/mol. The lowest BCUT2D eigenvalue weighted by Crippen LogP contribution is -1.92. The molecule has 0 radical (unpaired) electrons. The maximum Gasteiger partial charge on any atom is 0.119 e. The highest BCUT2D eigenvalue weighted by Crippen LogP contribution is 2.26. The molecule has 0 bridgehead atoms. The Bertz CT molecular complexity index is 753. The fourth-order valence-electron chi connectivity index (χ4n) is 2.96. The van der Waals surface area contributed by atoms with E-state index in [4.69, 9.17) is 4.74 Å². The van der Waals surface area contributed by atoms with Gasteiger partial charge in [0.2, 0.25) is 0 Å². The molecule has 0 aliphatic heterocycles. The van der Waals surface area contributed by atoms with Gasteiger partial charge >= 0.3 is 0 Å². The fourth-order valence-corrected chi connectivity index (χ4v) is 2.96. The molecule has 3 rings (SSSR count). The van der Waals surface area contributed by atoms with Gasteiger partial charge < -0.3 is 9.30 Å². The van der Waals surface area contributed by atoms with Gasteiger partial charge in [-0.15, -0.1) is 0 Å². The molecule has 2 nitrogen and oxygen atoms in total. The summed E-state index contributed by atoms with van der Waals surface area (Å²) in [6, 6.07) is 14.9. The SMILES string of the molecule is CCOc1ccc(Cc2cn(C)c3cccc(C)c23)cc1. The first-order valence-electron chi connectivity index (χ1n) is 7.44. The third kappa shape index (κ3) is 2.66. The number of nitrogens with zero attached hydrogens (tertiary/aromatic N) is 1. The largest absolute Gasteiger partial charge is 0.494 e. The minimum absolute atomic E-state index is 0.710. The Labute approximate surface area is 126 Å². The van der Waals surface area contributed by atoms with Crippen LogP contribution in [0.25, 0.3) is 10.9 Å². The lowest BCUT2D eigenvalue weighted by Gasteiger charge is -2.05. The van der Waals surface area contributed by atoms with Crippen molar-refractivity contribution in [3.05, 3.63) is 65.4 Å². The Morgan fingerprint density at radius 1 is 1.05 bits per heavy atom. The standard InChI is InChI=1S/C19H21NO/c1-4-21-17-10-8-15(9-11-17)12-16-13-20(3)18-7-5-6-14(2)19(16)18/h5-11,13H,4,12H2,1-3H3. The first-order valence-corrected chi connectivity index (χ1v) is 7.44. The Hall–Kier alpha value is -2.22. The molecule has 0 saturated carbocycles. The van der Waals surface area contributed by atoms with Crippen molar-refractivity contribution in [2.24, 2.45) is 7.05 Å². The van der Waals surface area contributed by atoms with E-state index in [2.05, 4.69) is 67.2 Å². The smallest absolute Gasteiger partial charge is 0.119 e. The molecular weight excluding hydrogens is 258 g/mol. The van der Waals surface area contributed by atoms with Crippen LogP contribution in [0.15, 0.2) is 48.7 Å². The van der Waals surface area contributed by atoms with Crippen molar-refractivity contribution >= 4 is 10.9 Å². The summed E-state index contributed by atoms with van der Waals surface area (Å²) < 4.78 is 7.71. The molecular formula is C19H21NO. The minimum atomic E-state index is 0.710. The van der Waals surface area contributed by atoms with Crippen molar-refractivity contribution in [3.8, 4) is 5.75 Å². The Kier molecular flexibility index (Phi) is 3.70. The summed E-state index contributed by atoms with van der Waals surface area (Å²) in [6.07, 6.45) is 3.20. The first kappa shape index (κ1) is 13.7. The second-order valence-electron chi connectivity index (χ2n) is 5.49. The number of rotatable bonds is 4. The average Bonchev–Trinajstić information content (AvgIpc) is 2.79. The molecule has 2 heteroatoms. The number of aryl methyl sites for hydroxylation is 2. The molecule has 108 valence electrons. The topological polar surface area (TPSA) is 14.2 Å². The number of aromatic nitrogens is 1. The molecule has 0 N–H and O–H groups in total. The number of benzene rings is 2. The van der Waals surface area contributed by atoms with Crippen LogP contribution in [-0.4, -0.2) is 11.2 Å². The number of fused-ring (bicyclic) bond motifs is 1. The second-order valence-corrected chi connectivity index (χ2v) is 5.49. The fraction of sp³-hybridized carbons (Fsp3) is 0.263. The number of hydrogen-bond acceptors (Lipinski definition) is 1. The maximum atomic E-state index is 5.50. The monoisotopic (exact) mass is 279 g/mol. The molecule has 21 heavy (non-hydrogen) atoms. The van der Waals surface area contributed by atoms with E-state index in [1.165, 1.54) is 27.6 Å². The lowest BCUT2D eigenvalue weighted by molar-refractivity contribution is 0.340. The summed E-state index contributed by atoms with van der Waals surface area (Å²) >= 11 is 0. The van der Waals surface area contributed by atoms with E-state index in [1.807, 2.05) is 6.92 Å². The molecule has 1 heterocycles. The number of ether oxygens (including phenoxy) is 1. The first-order chi connectivity index (χ1) is 10.2. The Morgan fingerprint density at radius 3 is 2.52 bits per heavy atom. The zero-order valence-corrected chi connectivity index (χ0v) is 12.9. The van der Waals surface area contributed by atoms with Gasteiger partial charge in [-0.05, 0) is 55.2 Å². The third-order valence-electron chi connectivity index (χ3n) is 3.93. The van der Waals surface area contributed by atoms with Crippen LogP contribution in [0.2, 0.25) is 0 Å². The van der Waals surface area contributed by atoms with Crippen LogP contribution in [0.4, 0.5) is 0 Å². The van der Waals surface area contributed by atoms with Crippen molar-refractivity contribution in [1.82, 2.24) is 4.57 Å². The van der Waals surface area contributed by atoms with Crippen molar-refractivity contribution in [2.75, 3.05) is 6.61 Å². The molecule has 0 unspecified atom stereocenters. The molecule has 0 amide bonds. The van der Waals surface area contributed by atoms with Gasteiger partial charge in [0.1, 0.15) is 5.75 Å². The highest BCUT2D eigenvalue weighted by atomic mass is 16.5. The lowest BCUT2D eigenvalue weighted by atomic mass is 10.0. The van der Waals surface area contributed by atoms with E-state index in [9.17, 15) is 0 Å². The van der Waals surface area contributed by atoms with Gasteiger partial charge in [0, 0.05) is 24.1 Å². The Balaban J connectivity index is 1.94.